The van der Waals surface area contributed by atoms with Gasteiger partial charge in [0.1, 0.15) is 17.5 Å². The molecule has 0 saturated heterocycles. The number of carbonyl (C=O) groups is 1. The Morgan fingerprint density at radius 2 is 2.08 bits per heavy atom. The van der Waals surface area contributed by atoms with Gasteiger partial charge in [-0.05, 0) is 38.7 Å². The van der Waals surface area contributed by atoms with Crippen molar-refractivity contribution in [2.24, 2.45) is 0 Å². The van der Waals surface area contributed by atoms with E-state index in [4.69, 9.17) is 27.9 Å². The molecule has 37 heavy (non-hydrogen) atoms. The summed E-state index contributed by atoms with van der Waals surface area (Å²) < 4.78 is 37.3. The van der Waals surface area contributed by atoms with Crippen molar-refractivity contribution in [3.8, 4) is 11.1 Å². The maximum Gasteiger partial charge on any atom is 0.337 e. The number of esters is 1. The Balaban J connectivity index is 1.61. The second-order valence-electron chi connectivity index (χ2n) is 9.32. The van der Waals surface area contributed by atoms with E-state index in [0.29, 0.717) is 50.5 Å². The molecule has 11 heteroatoms. The van der Waals surface area contributed by atoms with Crippen molar-refractivity contribution in [1.29, 1.82) is 0 Å². The normalized spacial score (nSPS) is 15.9. The molecule has 0 spiro atoms. The van der Waals surface area contributed by atoms with Gasteiger partial charge in [0.25, 0.3) is 0 Å². The largest absolute Gasteiger partial charge is 0.464 e. The minimum Gasteiger partial charge on any atom is -0.464 e. The molecule has 1 unspecified atom stereocenters. The molecule has 4 aromatic rings. The van der Waals surface area contributed by atoms with Crippen LogP contribution in [-0.2, 0) is 29.0 Å². The Kier molecular flexibility index (Phi) is 6.95. The lowest BCUT2D eigenvalue weighted by atomic mass is 10.0. The van der Waals surface area contributed by atoms with Crippen LogP contribution in [0.2, 0.25) is 10.0 Å². The smallest absolute Gasteiger partial charge is 0.337 e. The van der Waals surface area contributed by atoms with E-state index in [1.807, 2.05) is 19.0 Å². The van der Waals surface area contributed by atoms with Crippen molar-refractivity contribution in [2.75, 3.05) is 20.7 Å². The predicted octanol–water partition coefficient (Wildman–Crippen LogP) is 5.45. The molecular formula is C26H25Cl2F2N5O2. The number of alkyl halides is 1. The van der Waals surface area contributed by atoms with Crippen LogP contribution in [0.15, 0.2) is 36.8 Å². The molecule has 0 aliphatic carbocycles. The quantitative estimate of drug-likeness (QED) is 0.288. The number of halogens is 4. The van der Waals surface area contributed by atoms with Gasteiger partial charge in [0.2, 0.25) is 0 Å². The molecule has 3 heterocycles. The molecule has 0 amide bonds. The maximum absolute atomic E-state index is 14.8. The first-order chi connectivity index (χ1) is 17.7. The van der Waals surface area contributed by atoms with E-state index < -0.39 is 18.2 Å². The van der Waals surface area contributed by atoms with Crippen molar-refractivity contribution in [2.45, 2.75) is 38.6 Å². The Morgan fingerprint density at radius 1 is 1.30 bits per heavy atom. The highest BCUT2D eigenvalue weighted by Crippen LogP contribution is 2.39. The van der Waals surface area contributed by atoms with Crippen LogP contribution in [0, 0.1) is 5.82 Å². The van der Waals surface area contributed by atoms with E-state index in [1.165, 1.54) is 17.1 Å². The van der Waals surface area contributed by atoms with E-state index in [2.05, 4.69) is 10.1 Å². The van der Waals surface area contributed by atoms with Crippen LogP contribution in [0.3, 0.4) is 0 Å². The number of fused-ring (bicyclic) bond motifs is 2. The van der Waals surface area contributed by atoms with Gasteiger partial charge < -0.3 is 14.2 Å². The van der Waals surface area contributed by atoms with Crippen LogP contribution in [0.1, 0.15) is 29.9 Å². The van der Waals surface area contributed by atoms with Crippen LogP contribution in [0.25, 0.3) is 22.0 Å². The molecule has 194 valence electrons. The topological polar surface area (TPSA) is 65.2 Å². The third-order valence-corrected chi connectivity index (χ3v) is 7.07. The van der Waals surface area contributed by atoms with Crippen molar-refractivity contribution in [3.63, 3.8) is 0 Å². The second kappa shape index (κ2) is 10.0. The summed E-state index contributed by atoms with van der Waals surface area (Å²) in [5, 5.41) is 5.70. The first-order valence-electron chi connectivity index (χ1n) is 11.8. The summed E-state index contributed by atoms with van der Waals surface area (Å²) in [6, 6.07) is 5.52. The van der Waals surface area contributed by atoms with Gasteiger partial charge in [-0.1, -0.05) is 35.3 Å². The number of imidazole rings is 1. The van der Waals surface area contributed by atoms with E-state index >= 15 is 0 Å². The summed E-state index contributed by atoms with van der Waals surface area (Å²) in [6.07, 6.45) is 2.22. The number of rotatable bonds is 7. The highest BCUT2D eigenvalue weighted by atomic mass is 35.5. The van der Waals surface area contributed by atoms with Crippen molar-refractivity contribution < 1.29 is 18.3 Å². The van der Waals surface area contributed by atoms with Crippen LogP contribution >= 0.6 is 23.2 Å². The zero-order chi connectivity index (χ0) is 26.4. The standard InChI is InChI=1S/C26H25Cl2F2N5O2/c1-4-37-26(36)25(24-21-8-16(29)11-34(21)13-31-24)35-12-18-19(27)9-17(22(28)23(18)32-35)14-5-6-15(10-33(2)3)20(30)7-14/h5-7,9,12-13,16,25H,4,8,10-11H2,1-3H3/t16-,25?/m1/s1. The SMILES string of the molecule is CCOC(=O)C(c1ncn2c1C[C@@H](F)C2)n1cc2c(Cl)cc(-c3ccc(CN(C)C)c(F)c3)c(Cl)c2n1. The number of hydrogen-bond donors (Lipinski definition) is 0. The lowest BCUT2D eigenvalue weighted by Gasteiger charge is -2.15. The lowest BCUT2D eigenvalue weighted by molar-refractivity contribution is -0.146. The highest BCUT2D eigenvalue weighted by molar-refractivity contribution is 6.42. The molecule has 7 nitrogen and oxygen atoms in total. The fourth-order valence-corrected chi connectivity index (χ4v) is 5.29. The fourth-order valence-electron chi connectivity index (χ4n) is 4.73. The first kappa shape index (κ1) is 25.6. The molecular weight excluding hydrogens is 523 g/mol. The van der Waals surface area contributed by atoms with Crippen LogP contribution in [-0.4, -0.2) is 57.1 Å². The molecule has 0 radical (unpaired) electrons. The predicted molar refractivity (Wildman–Crippen MR) is 138 cm³/mol. The third-order valence-electron chi connectivity index (χ3n) is 6.38. The minimum absolute atomic E-state index is 0.146. The summed E-state index contributed by atoms with van der Waals surface area (Å²) in [7, 11) is 3.73. The number of aromatic nitrogens is 4. The molecule has 1 aliphatic heterocycles. The zero-order valence-corrected chi connectivity index (χ0v) is 22.0. The van der Waals surface area contributed by atoms with Crippen molar-refractivity contribution in [1.82, 2.24) is 24.2 Å². The van der Waals surface area contributed by atoms with Crippen molar-refractivity contribution >= 4 is 40.1 Å². The second-order valence-corrected chi connectivity index (χ2v) is 10.1. The van der Waals surface area contributed by atoms with Gasteiger partial charge in [0.15, 0.2) is 6.04 Å². The first-order valence-corrected chi connectivity index (χ1v) is 12.6. The Bertz CT molecular complexity index is 1500. The summed E-state index contributed by atoms with van der Waals surface area (Å²) in [6.45, 7) is 2.50. The fraction of sp³-hybridized carbons (Fsp3) is 0.346. The van der Waals surface area contributed by atoms with Crippen molar-refractivity contribution in [3.05, 3.63) is 69.6 Å². The molecule has 0 N–H and O–H groups in total. The van der Waals surface area contributed by atoms with Crippen LogP contribution in [0.4, 0.5) is 8.78 Å². The molecule has 1 aliphatic rings. The molecule has 0 fully saturated rings. The molecule has 2 atom stereocenters. The summed E-state index contributed by atoms with van der Waals surface area (Å²) in [5.74, 6) is -0.934. The third kappa shape index (κ3) is 4.71. The Labute approximate surface area is 222 Å². The van der Waals surface area contributed by atoms with Gasteiger partial charge in [-0.25, -0.2) is 18.6 Å². The van der Waals surface area contributed by atoms with Crippen LogP contribution < -0.4 is 0 Å². The number of nitrogens with zero attached hydrogens (tertiary/aromatic N) is 5. The molecule has 0 saturated carbocycles. The monoisotopic (exact) mass is 547 g/mol. The van der Waals surface area contributed by atoms with Gasteiger partial charge in [0, 0.05) is 41.4 Å². The van der Waals surface area contributed by atoms with Gasteiger partial charge >= 0.3 is 5.97 Å². The average molecular weight is 548 g/mol. The average Bonchev–Trinajstić information content (AvgIpc) is 3.53. The number of hydrogen-bond acceptors (Lipinski definition) is 5. The van der Waals surface area contributed by atoms with Gasteiger partial charge in [0.05, 0.1) is 35.2 Å². The lowest BCUT2D eigenvalue weighted by Crippen LogP contribution is -2.25. The van der Waals surface area contributed by atoms with Gasteiger partial charge in [-0.15, -0.1) is 0 Å². The highest BCUT2D eigenvalue weighted by Gasteiger charge is 2.35. The van der Waals surface area contributed by atoms with Crippen LogP contribution in [0.5, 0.6) is 0 Å². The molecule has 2 aromatic carbocycles. The van der Waals surface area contributed by atoms with E-state index in [1.54, 1.807) is 35.9 Å². The Hall–Kier alpha value is -3.01. The zero-order valence-electron chi connectivity index (χ0n) is 20.5. The van der Waals surface area contributed by atoms with Gasteiger partial charge in [-0.2, -0.15) is 5.10 Å². The Morgan fingerprint density at radius 3 is 2.78 bits per heavy atom. The summed E-state index contributed by atoms with van der Waals surface area (Å²) in [5.41, 5.74) is 2.95. The molecule has 5 rings (SSSR count). The van der Waals surface area contributed by atoms with Gasteiger partial charge in [-0.3, -0.25) is 4.68 Å². The number of carbonyl (C=O) groups excluding carboxylic acids is 1. The van der Waals surface area contributed by atoms with E-state index in [0.717, 1.165) is 0 Å². The molecule has 2 aromatic heterocycles. The summed E-state index contributed by atoms with van der Waals surface area (Å²) in [4.78, 5) is 19.3. The summed E-state index contributed by atoms with van der Waals surface area (Å²) >= 11 is 13.4. The maximum atomic E-state index is 14.8. The van der Waals surface area contributed by atoms with E-state index in [9.17, 15) is 13.6 Å². The van der Waals surface area contributed by atoms with E-state index in [-0.39, 0.29) is 30.4 Å². The molecule has 0 bridgehead atoms. The minimum atomic E-state index is -1.05. The number of benzene rings is 2. The number of ether oxygens (including phenoxy) is 1.